The van der Waals surface area contributed by atoms with Crippen molar-refractivity contribution in [3.63, 3.8) is 0 Å². The lowest BCUT2D eigenvalue weighted by Gasteiger charge is -2.02. The van der Waals surface area contributed by atoms with E-state index in [4.69, 9.17) is 5.11 Å². The van der Waals surface area contributed by atoms with Crippen LogP contribution in [0.3, 0.4) is 0 Å². The third-order valence-corrected chi connectivity index (χ3v) is 1.26. The number of phenols is 1. The summed E-state index contributed by atoms with van der Waals surface area (Å²) in [6.45, 7) is 1.27. The Morgan fingerprint density at radius 2 is 2.25 bits per heavy atom. The van der Waals surface area contributed by atoms with Crippen molar-refractivity contribution in [3.05, 3.63) is 24.0 Å². The van der Waals surface area contributed by atoms with Gasteiger partial charge < -0.3 is 10.4 Å². The monoisotopic (exact) mass is 169 g/mol. The standard InChI is InChI=1S/C8H8FNO2/c1-5(11)10-8-4-6(12)2-3-7(8)9/h2-4,12H,1H3,(H,10,11). The van der Waals surface area contributed by atoms with Crippen LogP contribution in [0, 0.1) is 5.82 Å². The van der Waals surface area contributed by atoms with Crippen molar-refractivity contribution in [2.75, 3.05) is 5.32 Å². The number of hydrogen-bond acceptors (Lipinski definition) is 2. The lowest BCUT2D eigenvalue weighted by Crippen LogP contribution is -2.07. The third-order valence-electron chi connectivity index (χ3n) is 1.26. The van der Waals surface area contributed by atoms with E-state index >= 15 is 0 Å². The highest BCUT2D eigenvalue weighted by molar-refractivity contribution is 5.88. The number of phenolic OH excluding ortho intramolecular Hbond substituents is 1. The van der Waals surface area contributed by atoms with E-state index in [0.29, 0.717) is 0 Å². The van der Waals surface area contributed by atoms with Crippen LogP contribution >= 0.6 is 0 Å². The zero-order chi connectivity index (χ0) is 9.14. The van der Waals surface area contributed by atoms with Gasteiger partial charge in [-0.15, -0.1) is 0 Å². The summed E-state index contributed by atoms with van der Waals surface area (Å²) in [6, 6.07) is 3.44. The van der Waals surface area contributed by atoms with Gasteiger partial charge in [0.2, 0.25) is 5.91 Å². The van der Waals surface area contributed by atoms with Gasteiger partial charge in [0.15, 0.2) is 0 Å². The van der Waals surface area contributed by atoms with Crippen molar-refractivity contribution in [3.8, 4) is 5.75 Å². The van der Waals surface area contributed by atoms with Crippen molar-refractivity contribution < 1.29 is 14.3 Å². The van der Waals surface area contributed by atoms with Crippen LogP contribution in [0.1, 0.15) is 6.92 Å². The van der Waals surface area contributed by atoms with E-state index < -0.39 is 5.82 Å². The minimum Gasteiger partial charge on any atom is -0.508 e. The fourth-order valence-electron chi connectivity index (χ4n) is 0.799. The molecule has 1 amide bonds. The van der Waals surface area contributed by atoms with Crippen LogP contribution in [0.15, 0.2) is 18.2 Å². The molecule has 0 aliphatic rings. The van der Waals surface area contributed by atoms with Crippen LogP contribution in [-0.4, -0.2) is 11.0 Å². The quantitative estimate of drug-likeness (QED) is 0.669. The summed E-state index contributed by atoms with van der Waals surface area (Å²) in [5.74, 6) is -1.03. The number of rotatable bonds is 1. The minimum absolute atomic E-state index is 0.0116. The fraction of sp³-hybridized carbons (Fsp3) is 0.125. The normalized spacial score (nSPS) is 9.50. The molecule has 0 saturated heterocycles. The van der Waals surface area contributed by atoms with Crippen LogP contribution < -0.4 is 5.32 Å². The summed E-state index contributed by atoms with van der Waals surface area (Å²) in [4.78, 5) is 10.5. The maximum absolute atomic E-state index is 12.8. The largest absolute Gasteiger partial charge is 0.508 e. The second-order valence-electron chi connectivity index (χ2n) is 2.35. The smallest absolute Gasteiger partial charge is 0.221 e. The molecule has 12 heavy (non-hydrogen) atoms. The van der Waals surface area contributed by atoms with E-state index in [-0.39, 0.29) is 17.3 Å². The van der Waals surface area contributed by atoms with E-state index in [1.807, 2.05) is 0 Å². The molecule has 0 aliphatic carbocycles. The topological polar surface area (TPSA) is 49.3 Å². The van der Waals surface area contributed by atoms with Gasteiger partial charge in [0, 0.05) is 13.0 Å². The number of halogens is 1. The molecule has 0 heterocycles. The molecule has 1 rings (SSSR count). The number of carbonyl (C=O) groups excluding carboxylic acids is 1. The number of nitrogens with one attached hydrogen (secondary N) is 1. The van der Waals surface area contributed by atoms with Gasteiger partial charge in [-0.1, -0.05) is 0 Å². The molecule has 0 saturated carbocycles. The molecule has 1 aromatic rings. The summed E-state index contributed by atoms with van der Waals surface area (Å²) >= 11 is 0. The van der Waals surface area contributed by atoms with Crippen molar-refractivity contribution >= 4 is 11.6 Å². The van der Waals surface area contributed by atoms with Crippen molar-refractivity contribution in [2.45, 2.75) is 6.92 Å². The third kappa shape index (κ3) is 1.95. The highest BCUT2D eigenvalue weighted by Crippen LogP contribution is 2.19. The molecule has 1 aromatic carbocycles. The van der Waals surface area contributed by atoms with Crippen LogP contribution in [0.25, 0.3) is 0 Å². The predicted octanol–water partition coefficient (Wildman–Crippen LogP) is 1.49. The summed E-state index contributed by atoms with van der Waals surface area (Å²) in [7, 11) is 0. The summed E-state index contributed by atoms with van der Waals surface area (Å²) in [5.41, 5.74) is -0.0116. The SMILES string of the molecule is CC(=O)Nc1cc(O)ccc1F. The number of carbonyl (C=O) groups is 1. The fourth-order valence-corrected chi connectivity index (χ4v) is 0.799. The Kier molecular flexibility index (Phi) is 2.28. The van der Waals surface area contributed by atoms with E-state index in [1.54, 1.807) is 0 Å². The van der Waals surface area contributed by atoms with E-state index in [1.165, 1.54) is 13.0 Å². The van der Waals surface area contributed by atoms with Crippen LogP contribution in [0.5, 0.6) is 5.75 Å². The highest BCUT2D eigenvalue weighted by atomic mass is 19.1. The Bertz CT molecular complexity index is 312. The molecule has 4 heteroatoms. The van der Waals surface area contributed by atoms with E-state index in [9.17, 15) is 9.18 Å². The molecule has 3 nitrogen and oxygen atoms in total. The number of aromatic hydroxyl groups is 1. The molecule has 0 spiro atoms. The molecule has 0 atom stereocenters. The van der Waals surface area contributed by atoms with E-state index in [0.717, 1.165) is 12.1 Å². The Morgan fingerprint density at radius 3 is 2.83 bits per heavy atom. The number of benzene rings is 1. The first-order chi connectivity index (χ1) is 5.59. The van der Waals surface area contributed by atoms with Gasteiger partial charge in [0.1, 0.15) is 11.6 Å². The summed E-state index contributed by atoms with van der Waals surface area (Å²) in [5, 5.41) is 11.2. The Hall–Kier alpha value is -1.58. The Balaban J connectivity index is 2.97. The van der Waals surface area contributed by atoms with Gasteiger partial charge in [-0.05, 0) is 12.1 Å². The Morgan fingerprint density at radius 1 is 1.58 bits per heavy atom. The van der Waals surface area contributed by atoms with Crippen molar-refractivity contribution in [2.24, 2.45) is 0 Å². The number of amides is 1. The zero-order valence-electron chi connectivity index (χ0n) is 6.47. The second-order valence-corrected chi connectivity index (χ2v) is 2.35. The van der Waals surface area contributed by atoms with Gasteiger partial charge in [-0.25, -0.2) is 4.39 Å². The molecule has 0 radical (unpaired) electrons. The number of anilines is 1. The average molecular weight is 169 g/mol. The first-order valence-corrected chi connectivity index (χ1v) is 3.35. The molecule has 0 unspecified atom stereocenters. The van der Waals surface area contributed by atoms with Gasteiger partial charge in [-0.2, -0.15) is 0 Å². The first kappa shape index (κ1) is 8.52. The molecule has 0 aromatic heterocycles. The molecule has 64 valence electrons. The van der Waals surface area contributed by atoms with Crippen LogP contribution in [0.4, 0.5) is 10.1 Å². The van der Waals surface area contributed by atoms with Crippen molar-refractivity contribution in [1.29, 1.82) is 0 Å². The number of hydrogen-bond donors (Lipinski definition) is 2. The molecule has 2 N–H and O–H groups in total. The molecular formula is C8H8FNO2. The van der Waals surface area contributed by atoms with Gasteiger partial charge in [0.25, 0.3) is 0 Å². The van der Waals surface area contributed by atoms with Crippen LogP contribution in [0.2, 0.25) is 0 Å². The summed E-state index contributed by atoms with van der Waals surface area (Å²) in [6.07, 6.45) is 0. The van der Waals surface area contributed by atoms with Crippen LogP contribution in [-0.2, 0) is 4.79 Å². The molecule has 0 fully saturated rings. The maximum Gasteiger partial charge on any atom is 0.221 e. The lowest BCUT2D eigenvalue weighted by atomic mass is 10.3. The first-order valence-electron chi connectivity index (χ1n) is 3.35. The minimum atomic E-state index is -0.567. The van der Waals surface area contributed by atoms with Gasteiger partial charge in [-0.3, -0.25) is 4.79 Å². The van der Waals surface area contributed by atoms with Gasteiger partial charge >= 0.3 is 0 Å². The Labute approximate surface area is 68.8 Å². The maximum atomic E-state index is 12.8. The molecule has 0 bridgehead atoms. The highest BCUT2D eigenvalue weighted by Gasteiger charge is 2.03. The predicted molar refractivity (Wildman–Crippen MR) is 42.4 cm³/mol. The second kappa shape index (κ2) is 3.21. The summed E-state index contributed by atoms with van der Waals surface area (Å²) < 4.78 is 12.8. The lowest BCUT2D eigenvalue weighted by molar-refractivity contribution is -0.114. The molecular weight excluding hydrogens is 161 g/mol. The average Bonchev–Trinajstić information content (AvgIpc) is 1.96. The zero-order valence-corrected chi connectivity index (χ0v) is 6.47. The van der Waals surface area contributed by atoms with E-state index in [2.05, 4.69) is 5.32 Å². The van der Waals surface area contributed by atoms with Crippen molar-refractivity contribution in [1.82, 2.24) is 0 Å². The molecule has 0 aliphatic heterocycles. The van der Waals surface area contributed by atoms with Gasteiger partial charge in [0.05, 0.1) is 5.69 Å².